The fraction of sp³-hybridized carbons (Fsp3) is 0.400. The molecule has 44 valence electrons. The Labute approximate surface area is 56.0 Å². The van der Waals surface area contributed by atoms with E-state index in [4.69, 9.17) is 5.11 Å². The third-order valence-corrected chi connectivity index (χ3v) is 1.11. The van der Waals surface area contributed by atoms with Gasteiger partial charge in [0.1, 0.15) is 0 Å². The van der Waals surface area contributed by atoms with Crippen molar-refractivity contribution in [2.45, 2.75) is 11.8 Å². The lowest BCUT2D eigenvalue weighted by Gasteiger charge is -1.88. The third kappa shape index (κ3) is 2.64. The van der Waals surface area contributed by atoms with E-state index in [0.717, 1.165) is 0 Å². The Morgan fingerprint density at radius 2 is 2.38 bits per heavy atom. The number of carboxylic acid groups (broad SMARTS) is 1. The fourth-order valence-corrected chi connectivity index (χ4v) is 0.417. The van der Waals surface area contributed by atoms with Crippen molar-refractivity contribution < 1.29 is 9.90 Å². The lowest BCUT2D eigenvalue weighted by molar-refractivity contribution is -0.135. The number of carboxylic acids is 1. The highest BCUT2D eigenvalue weighted by Gasteiger charge is 2.06. The van der Waals surface area contributed by atoms with Crippen LogP contribution in [0.3, 0.4) is 0 Å². The maximum Gasteiger partial charge on any atom is 0.329 e. The SMILES string of the molecule is CC#CC(Br)C(=O)O. The summed E-state index contributed by atoms with van der Waals surface area (Å²) in [7, 11) is 0. The van der Waals surface area contributed by atoms with E-state index in [9.17, 15) is 4.79 Å². The Balaban J connectivity index is 3.77. The number of hydrogen-bond donors (Lipinski definition) is 1. The van der Waals surface area contributed by atoms with Crippen molar-refractivity contribution in [2.75, 3.05) is 0 Å². The summed E-state index contributed by atoms with van der Waals surface area (Å²) >= 11 is 2.83. The smallest absolute Gasteiger partial charge is 0.329 e. The minimum Gasteiger partial charge on any atom is -0.480 e. The summed E-state index contributed by atoms with van der Waals surface area (Å²) in [5, 5.41) is 8.16. The van der Waals surface area contributed by atoms with Crippen molar-refractivity contribution in [3.63, 3.8) is 0 Å². The first-order chi connectivity index (χ1) is 3.68. The summed E-state index contributed by atoms with van der Waals surface area (Å²) in [6.45, 7) is 1.59. The number of halogens is 1. The van der Waals surface area contributed by atoms with E-state index >= 15 is 0 Å². The molecule has 0 fully saturated rings. The number of alkyl halides is 1. The van der Waals surface area contributed by atoms with Crippen molar-refractivity contribution >= 4 is 21.9 Å². The van der Waals surface area contributed by atoms with Gasteiger partial charge in [0.05, 0.1) is 0 Å². The molecule has 0 aliphatic carbocycles. The Morgan fingerprint density at radius 3 is 2.50 bits per heavy atom. The average Bonchev–Trinajstić information content (AvgIpc) is 1.67. The third-order valence-electron chi connectivity index (χ3n) is 0.488. The molecule has 0 radical (unpaired) electrons. The van der Waals surface area contributed by atoms with Gasteiger partial charge in [0.2, 0.25) is 0 Å². The van der Waals surface area contributed by atoms with E-state index in [1.165, 1.54) is 0 Å². The molecule has 1 N–H and O–H groups in total. The minimum absolute atomic E-state index is 0.715. The van der Waals surface area contributed by atoms with Gasteiger partial charge in [-0.15, -0.1) is 5.92 Å². The second kappa shape index (κ2) is 3.50. The maximum atomic E-state index is 9.94. The van der Waals surface area contributed by atoms with Gasteiger partial charge in [0.25, 0.3) is 0 Å². The van der Waals surface area contributed by atoms with Gasteiger partial charge in [-0.05, 0) is 6.92 Å². The molecule has 0 aromatic heterocycles. The van der Waals surface area contributed by atoms with E-state index in [2.05, 4.69) is 27.8 Å². The Kier molecular flexibility index (Phi) is 3.29. The molecule has 3 heteroatoms. The summed E-state index contributed by atoms with van der Waals surface area (Å²) in [5.74, 6) is 3.94. The quantitative estimate of drug-likeness (QED) is 0.476. The second-order valence-electron chi connectivity index (χ2n) is 1.10. The van der Waals surface area contributed by atoms with Crippen molar-refractivity contribution in [3.8, 4) is 11.8 Å². The summed E-state index contributed by atoms with van der Waals surface area (Å²) in [6, 6.07) is 0. The molecule has 1 unspecified atom stereocenters. The van der Waals surface area contributed by atoms with Crippen LogP contribution in [-0.2, 0) is 4.79 Å². The molecule has 0 bridgehead atoms. The fourth-order valence-electron chi connectivity index (χ4n) is 0.188. The van der Waals surface area contributed by atoms with Crippen LogP contribution in [0.25, 0.3) is 0 Å². The predicted octanol–water partition coefficient (Wildman–Crippen LogP) is 0.858. The van der Waals surface area contributed by atoms with Gasteiger partial charge in [-0.25, -0.2) is 4.79 Å². The highest BCUT2D eigenvalue weighted by Crippen LogP contribution is 1.95. The van der Waals surface area contributed by atoms with Crippen molar-refractivity contribution in [1.29, 1.82) is 0 Å². The summed E-state index contributed by atoms with van der Waals surface area (Å²) < 4.78 is 0. The number of carbonyl (C=O) groups is 1. The molecule has 0 saturated carbocycles. The highest BCUT2D eigenvalue weighted by molar-refractivity contribution is 9.10. The summed E-state index contributed by atoms with van der Waals surface area (Å²) in [4.78, 5) is 9.22. The van der Waals surface area contributed by atoms with Crippen LogP contribution in [0.5, 0.6) is 0 Å². The lowest BCUT2D eigenvalue weighted by Crippen LogP contribution is -2.08. The first-order valence-electron chi connectivity index (χ1n) is 1.97. The first-order valence-corrected chi connectivity index (χ1v) is 2.89. The molecule has 0 spiro atoms. The lowest BCUT2D eigenvalue weighted by atomic mass is 10.4. The zero-order valence-corrected chi connectivity index (χ0v) is 5.90. The molecule has 0 amide bonds. The second-order valence-corrected chi connectivity index (χ2v) is 2.01. The topological polar surface area (TPSA) is 37.3 Å². The van der Waals surface area contributed by atoms with Gasteiger partial charge in [0, 0.05) is 0 Å². The summed E-state index contributed by atoms with van der Waals surface area (Å²) in [5.41, 5.74) is 0. The molecule has 0 aromatic carbocycles. The van der Waals surface area contributed by atoms with Crippen LogP contribution in [0, 0.1) is 11.8 Å². The van der Waals surface area contributed by atoms with Crippen LogP contribution in [0.2, 0.25) is 0 Å². The van der Waals surface area contributed by atoms with Gasteiger partial charge in [-0.1, -0.05) is 21.9 Å². The molecule has 0 rings (SSSR count). The van der Waals surface area contributed by atoms with Crippen molar-refractivity contribution in [2.24, 2.45) is 0 Å². The molecule has 0 aliphatic rings. The molecular formula is C5H5BrO2. The molecule has 1 atom stereocenters. The number of hydrogen-bond acceptors (Lipinski definition) is 1. The normalized spacial score (nSPS) is 11.2. The van der Waals surface area contributed by atoms with Crippen molar-refractivity contribution in [3.05, 3.63) is 0 Å². The van der Waals surface area contributed by atoms with Crippen LogP contribution < -0.4 is 0 Å². The molecule has 0 heterocycles. The van der Waals surface area contributed by atoms with E-state index in [1.807, 2.05) is 0 Å². The highest BCUT2D eigenvalue weighted by atomic mass is 79.9. The van der Waals surface area contributed by atoms with Crippen LogP contribution in [0.4, 0.5) is 0 Å². The predicted molar refractivity (Wildman–Crippen MR) is 33.8 cm³/mol. The monoisotopic (exact) mass is 176 g/mol. The summed E-state index contributed by atoms with van der Waals surface area (Å²) in [6.07, 6.45) is 0. The van der Waals surface area contributed by atoms with Crippen molar-refractivity contribution in [1.82, 2.24) is 0 Å². The van der Waals surface area contributed by atoms with Crippen LogP contribution in [0.1, 0.15) is 6.92 Å². The van der Waals surface area contributed by atoms with Gasteiger partial charge in [-0.2, -0.15) is 0 Å². The van der Waals surface area contributed by atoms with E-state index in [0.29, 0.717) is 0 Å². The van der Waals surface area contributed by atoms with Crippen LogP contribution in [-0.4, -0.2) is 15.9 Å². The van der Waals surface area contributed by atoms with E-state index < -0.39 is 10.8 Å². The molecule has 8 heavy (non-hydrogen) atoms. The zero-order chi connectivity index (χ0) is 6.57. The largest absolute Gasteiger partial charge is 0.480 e. The van der Waals surface area contributed by atoms with Gasteiger partial charge in [-0.3, -0.25) is 0 Å². The van der Waals surface area contributed by atoms with Gasteiger partial charge in [0.15, 0.2) is 4.83 Å². The maximum absolute atomic E-state index is 9.94. The van der Waals surface area contributed by atoms with E-state index in [-0.39, 0.29) is 0 Å². The molecular weight excluding hydrogens is 172 g/mol. The average molecular weight is 177 g/mol. The Morgan fingerprint density at radius 1 is 1.88 bits per heavy atom. The van der Waals surface area contributed by atoms with Crippen LogP contribution >= 0.6 is 15.9 Å². The first kappa shape index (κ1) is 7.51. The Hall–Kier alpha value is -0.490. The van der Waals surface area contributed by atoms with Gasteiger partial charge >= 0.3 is 5.97 Å². The molecule has 2 nitrogen and oxygen atoms in total. The molecule has 0 aliphatic heterocycles. The zero-order valence-electron chi connectivity index (χ0n) is 4.31. The molecule has 0 aromatic rings. The standard InChI is InChI=1S/C5H5BrO2/c1-2-3-4(6)5(7)8/h4H,1H3,(H,7,8). The minimum atomic E-state index is -0.945. The Bertz CT molecular complexity index is 142. The van der Waals surface area contributed by atoms with Crippen LogP contribution in [0.15, 0.2) is 0 Å². The van der Waals surface area contributed by atoms with E-state index in [1.54, 1.807) is 6.92 Å². The number of rotatable bonds is 1. The molecule has 0 saturated heterocycles. The van der Waals surface area contributed by atoms with Gasteiger partial charge < -0.3 is 5.11 Å². The number of aliphatic carboxylic acids is 1.